The number of unbranched alkanes of at least 4 members (excludes halogenated alkanes) is 2. The average molecular weight is 532 g/mol. The summed E-state index contributed by atoms with van der Waals surface area (Å²) < 4.78 is 5.14. The Labute approximate surface area is 224 Å². The fourth-order valence-corrected chi connectivity index (χ4v) is 5.68. The SMILES string of the molecule is CCCCC[C@H](O)c1ccc(N2C(=O)CC[C@@H]2CCCc2ccc(C(=O)OC[C@H](O)[C@H](O)CC)s2)cc1. The van der Waals surface area contributed by atoms with Gasteiger partial charge >= 0.3 is 5.97 Å². The van der Waals surface area contributed by atoms with Gasteiger partial charge in [-0.3, -0.25) is 4.79 Å². The van der Waals surface area contributed by atoms with Crippen molar-refractivity contribution in [3.05, 3.63) is 51.7 Å². The van der Waals surface area contributed by atoms with Crippen LogP contribution in [0.4, 0.5) is 5.69 Å². The normalized spacial score (nSPS) is 18.1. The first-order chi connectivity index (χ1) is 17.8. The summed E-state index contributed by atoms with van der Waals surface area (Å²) in [6, 6.07) is 11.6. The lowest BCUT2D eigenvalue weighted by atomic mass is 10.0. The van der Waals surface area contributed by atoms with Gasteiger partial charge in [0, 0.05) is 23.0 Å². The highest BCUT2D eigenvalue weighted by molar-refractivity contribution is 7.13. The first-order valence-corrected chi connectivity index (χ1v) is 14.4. The van der Waals surface area contributed by atoms with Crippen LogP contribution in [0.5, 0.6) is 0 Å². The van der Waals surface area contributed by atoms with Crippen LogP contribution in [0.1, 0.15) is 97.9 Å². The van der Waals surface area contributed by atoms with E-state index >= 15 is 0 Å². The summed E-state index contributed by atoms with van der Waals surface area (Å²) in [5.41, 5.74) is 1.78. The van der Waals surface area contributed by atoms with Gasteiger partial charge in [-0.2, -0.15) is 0 Å². The second kappa shape index (κ2) is 14.6. The van der Waals surface area contributed by atoms with Crippen molar-refractivity contribution in [1.29, 1.82) is 0 Å². The number of amides is 1. The predicted octanol–water partition coefficient (Wildman–Crippen LogP) is 5.17. The van der Waals surface area contributed by atoms with Gasteiger partial charge in [-0.05, 0) is 68.4 Å². The summed E-state index contributed by atoms with van der Waals surface area (Å²) in [4.78, 5) is 28.4. The molecule has 1 aliphatic heterocycles. The number of benzene rings is 1. The standard InChI is InChI=1S/C29H41NO6S/c1-3-5-6-10-25(32)20-11-13-22(14-12-20)30-21(15-18-28(30)34)8-7-9-23-16-17-27(37-23)29(35)36-19-26(33)24(31)4-2/h11-14,16-17,21,24-26,31-33H,3-10,15,18-19H2,1-2H3/t21-,24+,25-,26-/m0/s1. The van der Waals surface area contributed by atoms with Crippen molar-refractivity contribution >= 4 is 28.9 Å². The van der Waals surface area contributed by atoms with Crippen LogP contribution in [0.15, 0.2) is 36.4 Å². The molecule has 1 fully saturated rings. The predicted molar refractivity (Wildman–Crippen MR) is 146 cm³/mol. The molecule has 2 heterocycles. The van der Waals surface area contributed by atoms with Crippen molar-refractivity contribution in [3.63, 3.8) is 0 Å². The molecule has 4 atom stereocenters. The van der Waals surface area contributed by atoms with Gasteiger partial charge in [-0.25, -0.2) is 4.79 Å². The number of carbonyl (C=O) groups excluding carboxylic acids is 2. The third-order valence-electron chi connectivity index (χ3n) is 7.03. The molecular formula is C29H41NO6S. The van der Waals surface area contributed by atoms with Crippen molar-refractivity contribution in [3.8, 4) is 0 Å². The Morgan fingerprint density at radius 3 is 2.51 bits per heavy atom. The van der Waals surface area contributed by atoms with Gasteiger partial charge in [-0.15, -0.1) is 11.3 Å². The Morgan fingerprint density at radius 2 is 1.81 bits per heavy atom. The number of carbonyl (C=O) groups is 2. The van der Waals surface area contributed by atoms with Gasteiger partial charge in [0.25, 0.3) is 0 Å². The molecule has 1 aliphatic rings. The monoisotopic (exact) mass is 531 g/mol. The van der Waals surface area contributed by atoms with Gasteiger partial charge in [0.1, 0.15) is 17.6 Å². The maximum Gasteiger partial charge on any atom is 0.348 e. The fraction of sp³-hybridized carbons (Fsp3) is 0.586. The van der Waals surface area contributed by atoms with Crippen LogP contribution in [0.2, 0.25) is 0 Å². The summed E-state index contributed by atoms with van der Waals surface area (Å²) in [6.45, 7) is 3.67. The van der Waals surface area contributed by atoms with E-state index in [1.807, 2.05) is 35.2 Å². The second-order valence-electron chi connectivity index (χ2n) is 9.86. The van der Waals surface area contributed by atoms with Crippen LogP contribution < -0.4 is 4.90 Å². The Kier molecular flexibility index (Phi) is 11.6. The molecule has 1 saturated heterocycles. The topological polar surface area (TPSA) is 107 Å². The molecule has 0 radical (unpaired) electrons. The molecule has 37 heavy (non-hydrogen) atoms. The molecular weight excluding hydrogens is 490 g/mol. The molecule has 0 spiro atoms. The maximum absolute atomic E-state index is 12.7. The van der Waals surface area contributed by atoms with Gasteiger partial charge in [0.15, 0.2) is 0 Å². The molecule has 0 saturated carbocycles. The minimum atomic E-state index is -1.09. The molecule has 0 aliphatic carbocycles. The number of hydrogen-bond acceptors (Lipinski definition) is 7. The molecule has 8 heteroatoms. The van der Waals surface area contributed by atoms with E-state index in [1.165, 1.54) is 11.3 Å². The van der Waals surface area contributed by atoms with E-state index < -0.39 is 24.3 Å². The van der Waals surface area contributed by atoms with Crippen molar-refractivity contribution < 1.29 is 29.6 Å². The Hall–Kier alpha value is -2.26. The van der Waals surface area contributed by atoms with Crippen molar-refractivity contribution in [1.82, 2.24) is 0 Å². The number of ether oxygens (including phenoxy) is 1. The number of rotatable bonds is 15. The first-order valence-electron chi connectivity index (χ1n) is 13.6. The maximum atomic E-state index is 12.7. The van der Waals surface area contributed by atoms with Crippen LogP contribution in [0.25, 0.3) is 0 Å². The van der Waals surface area contributed by atoms with E-state index in [4.69, 9.17) is 4.74 Å². The zero-order chi connectivity index (χ0) is 26.8. The van der Waals surface area contributed by atoms with E-state index in [1.54, 1.807) is 13.0 Å². The zero-order valence-corrected chi connectivity index (χ0v) is 22.8. The molecule has 3 N–H and O–H groups in total. The van der Waals surface area contributed by atoms with E-state index in [0.717, 1.165) is 67.5 Å². The number of aryl methyl sites for hydroxylation is 1. The minimum Gasteiger partial charge on any atom is -0.459 e. The van der Waals surface area contributed by atoms with Crippen LogP contribution in [0.3, 0.4) is 0 Å². The molecule has 0 unspecified atom stereocenters. The van der Waals surface area contributed by atoms with Crippen LogP contribution >= 0.6 is 11.3 Å². The summed E-state index contributed by atoms with van der Waals surface area (Å²) in [6.07, 6.45) is 5.85. The smallest absolute Gasteiger partial charge is 0.348 e. The second-order valence-corrected chi connectivity index (χ2v) is 11.0. The molecule has 1 aromatic carbocycles. The number of hydrogen-bond donors (Lipinski definition) is 3. The van der Waals surface area contributed by atoms with Crippen LogP contribution in [-0.4, -0.2) is 52.1 Å². The van der Waals surface area contributed by atoms with E-state index in [-0.39, 0.29) is 18.6 Å². The average Bonchev–Trinajstić information content (AvgIpc) is 3.53. The van der Waals surface area contributed by atoms with Crippen molar-refractivity contribution in [2.45, 2.75) is 102 Å². The molecule has 7 nitrogen and oxygen atoms in total. The summed E-state index contributed by atoms with van der Waals surface area (Å²) in [5, 5.41) is 29.8. The minimum absolute atomic E-state index is 0.137. The lowest BCUT2D eigenvalue weighted by Gasteiger charge is -2.25. The number of thiophene rings is 1. The molecule has 1 amide bonds. The highest BCUT2D eigenvalue weighted by Gasteiger charge is 2.31. The van der Waals surface area contributed by atoms with Crippen LogP contribution in [0, 0.1) is 0 Å². The van der Waals surface area contributed by atoms with Gasteiger partial charge in [0.05, 0.1) is 12.2 Å². The molecule has 0 bridgehead atoms. The lowest BCUT2D eigenvalue weighted by Crippen LogP contribution is -2.32. The third-order valence-corrected chi connectivity index (χ3v) is 8.16. The molecule has 3 rings (SSSR count). The number of esters is 1. The largest absolute Gasteiger partial charge is 0.459 e. The summed E-state index contributed by atoms with van der Waals surface area (Å²) in [5.74, 6) is -0.358. The Balaban J connectivity index is 1.49. The third kappa shape index (κ3) is 8.37. The number of anilines is 1. The van der Waals surface area contributed by atoms with Crippen molar-refractivity contribution in [2.24, 2.45) is 0 Å². The lowest BCUT2D eigenvalue weighted by molar-refractivity contribution is -0.117. The van der Waals surface area contributed by atoms with Gasteiger partial charge < -0.3 is 25.0 Å². The first kappa shape index (κ1) is 29.3. The molecule has 1 aromatic heterocycles. The highest BCUT2D eigenvalue weighted by Crippen LogP contribution is 2.31. The van der Waals surface area contributed by atoms with E-state index in [0.29, 0.717) is 17.7 Å². The number of nitrogens with zero attached hydrogens (tertiary/aromatic N) is 1. The fourth-order valence-electron chi connectivity index (χ4n) is 4.73. The Morgan fingerprint density at radius 1 is 1.05 bits per heavy atom. The van der Waals surface area contributed by atoms with Gasteiger partial charge in [-0.1, -0.05) is 45.2 Å². The summed E-state index contributed by atoms with van der Waals surface area (Å²) in [7, 11) is 0. The van der Waals surface area contributed by atoms with Crippen molar-refractivity contribution in [2.75, 3.05) is 11.5 Å². The van der Waals surface area contributed by atoms with Gasteiger partial charge in [0.2, 0.25) is 5.91 Å². The quantitative estimate of drug-likeness (QED) is 0.216. The van der Waals surface area contributed by atoms with Crippen LogP contribution in [-0.2, 0) is 16.0 Å². The van der Waals surface area contributed by atoms with E-state index in [2.05, 4.69) is 6.92 Å². The van der Waals surface area contributed by atoms with E-state index in [9.17, 15) is 24.9 Å². The molecule has 2 aromatic rings. The number of aliphatic hydroxyl groups is 3. The number of aliphatic hydroxyl groups excluding tert-OH is 3. The zero-order valence-electron chi connectivity index (χ0n) is 22.0. The Bertz CT molecular complexity index is 991. The molecule has 204 valence electrons. The summed E-state index contributed by atoms with van der Waals surface area (Å²) >= 11 is 1.38. The highest BCUT2D eigenvalue weighted by atomic mass is 32.1.